The van der Waals surface area contributed by atoms with E-state index in [1.165, 1.54) is 0 Å². The quantitative estimate of drug-likeness (QED) is 0.209. The third-order valence-electron chi connectivity index (χ3n) is 8.48. The first-order valence-corrected chi connectivity index (χ1v) is 15.0. The maximum atomic E-state index is 6.47. The molecule has 0 amide bonds. The van der Waals surface area contributed by atoms with E-state index in [1.54, 1.807) is 0 Å². The number of rotatable bonds is 4. The predicted octanol–water partition coefficient (Wildman–Crippen LogP) is 10.7. The molecule has 0 unspecified atom stereocenters. The van der Waals surface area contributed by atoms with E-state index in [4.69, 9.17) is 19.4 Å². The standard InChI is InChI=1S/C41H25N3O/c1-3-13-26(14-4-1)39-42-40(27-15-5-2-6-16-27)44-41(43-39)34-24-29-18-8-7-17-28(29)23-33(34)37-31-20-10-9-19-30(31)25-36-38(37)32-21-11-12-22-35(32)45-36/h1-25H. The molecule has 0 aliphatic rings. The van der Waals surface area contributed by atoms with Crippen LogP contribution in [0.4, 0.5) is 0 Å². The smallest absolute Gasteiger partial charge is 0.164 e. The molecular formula is C41H25N3O. The molecule has 0 radical (unpaired) electrons. The van der Waals surface area contributed by atoms with Gasteiger partial charge in [0.2, 0.25) is 0 Å². The summed E-state index contributed by atoms with van der Waals surface area (Å²) in [6.45, 7) is 0. The van der Waals surface area contributed by atoms with E-state index in [0.29, 0.717) is 17.5 Å². The number of hydrogen-bond donors (Lipinski definition) is 0. The fraction of sp³-hybridized carbons (Fsp3) is 0. The van der Waals surface area contributed by atoms with Crippen molar-refractivity contribution in [1.29, 1.82) is 0 Å². The Balaban J connectivity index is 1.43. The number of para-hydroxylation sites is 1. The molecule has 0 aliphatic carbocycles. The molecule has 0 saturated heterocycles. The van der Waals surface area contributed by atoms with Crippen LogP contribution in [-0.4, -0.2) is 15.0 Å². The van der Waals surface area contributed by atoms with Crippen LogP contribution < -0.4 is 0 Å². The summed E-state index contributed by atoms with van der Waals surface area (Å²) in [5, 5.41) is 6.69. The van der Waals surface area contributed by atoms with Crippen molar-refractivity contribution in [3.63, 3.8) is 0 Å². The molecule has 0 saturated carbocycles. The third-order valence-corrected chi connectivity index (χ3v) is 8.48. The summed E-state index contributed by atoms with van der Waals surface area (Å²) in [6, 6.07) is 52.2. The fourth-order valence-corrected chi connectivity index (χ4v) is 6.39. The largest absolute Gasteiger partial charge is 0.456 e. The zero-order chi connectivity index (χ0) is 29.7. The molecular weight excluding hydrogens is 550 g/mol. The SMILES string of the molecule is c1ccc(-c2nc(-c3ccccc3)nc(-c3cc4ccccc4cc3-c3c4ccccc4cc4oc5ccccc5c34)n2)cc1. The number of aromatic nitrogens is 3. The van der Waals surface area contributed by atoms with Gasteiger partial charge in [0.1, 0.15) is 11.2 Å². The lowest BCUT2D eigenvalue weighted by molar-refractivity contribution is 0.669. The van der Waals surface area contributed by atoms with Crippen LogP contribution in [0.1, 0.15) is 0 Å². The van der Waals surface area contributed by atoms with Crippen molar-refractivity contribution in [2.24, 2.45) is 0 Å². The lowest BCUT2D eigenvalue weighted by atomic mass is 9.88. The van der Waals surface area contributed by atoms with Gasteiger partial charge in [-0.1, -0.05) is 127 Å². The topological polar surface area (TPSA) is 51.8 Å². The molecule has 0 fully saturated rings. The Morgan fingerprint density at radius 2 is 0.889 bits per heavy atom. The van der Waals surface area contributed by atoms with Crippen molar-refractivity contribution < 1.29 is 4.42 Å². The second-order valence-corrected chi connectivity index (χ2v) is 11.2. The van der Waals surface area contributed by atoms with E-state index >= 15 is 0 Å². The van der Waals surface area contributed by atoms with Gasteiger partial charge in [-0.15, -0.1) is 0 Å². The predicted molar refractivity (Wildman–Crippen MR) is 184 cm³/mol. The Kier molecular flexibility index (Phi) is 5.78. The van der Waals surface area contributed by atoms with Crippen LogP contribution in [0, 0.1) is 0 Å². The maximum Gasteiger partial charge on any atom is 0.164 e. The Labute approximate surface area is 259 Å². The fourth-order valence-electron chi connectivity index (χ4n) is 6.39. The molecule has 0 bridgehead atoms. The van der Waals surface area contributed by atoms with Crippen molar-refractivity contribution in [2.75, 3.05) is 0 Å². The highest BCUT2D eigenvalue weighted by Crippen LogP contribution is 2.45. The van der Waals surface area contributed by atoms with Gasteiger partial charge >= 0.3 is 0 Å². The molecule has 0 atom stereocenters. The van der Waals surface area contributed by atoms with Crippen molar-refractivity contribution in [3.8, 4) is 45.3 Å². The summed E-state index contributed by atoms with van der Waals surface area (Å²) in [5.41, 5.74) is 6.69. The summed E-state index contributed by atoms with van der Waals surface area (Å²) in [7, 11) is 0. The average Bonchev–Trinajstić information content (AvgIpc) is 3.48. The molecule has 0 spiro atoms. The zero-order valence-corrected chi connectivity index (χ0v) is 24.2. The Hall–Kier alpha value is -6.13. The average molecular weight is 576 g/mol. The molecule has 0 aliphatic heterocycles. The van der Waals surface area contributed by atoms with Crippen LogP contribution in [0.25, 0.3) is 88.8 Å². The van der Waals surface area contributed by atoms with E-state index in [0.717, 1.165) is 71.3 Å². The Morgan fingerprint density at radius 1 is 0.378 bits per heavy atom. The molecule has 2 aromatic heterocycles. The molecule has 4 heteroatoms. The van der Waals surface area contributed by atoms with Gasteiger partial charge < -0.3 is 4.42 Å². The third kappa shape index (κ3) is 4.27. The lowest BCUT2D eigenvalue weighted by Crippen LogP contribution is -2.01. The molecule has 7 aromatic carbocycles. The minimum absolute atomic E-state index is 0.623. The lowest BCUT2D eigenvalue weighted by Gasteiger charge is -2.16. The van der Waals surface area contributed by atoms with Gasteiger partial charge in [-0.3, -0.25) is 0 Å². The second-order valence-electron chi connectivity index (χ2n) is 11.2. The van der Waals surface area contributed by atoms with E-state index in [2.05, 4.69) is 78.9 Å². The van der Waals surface area contributed by atoms with E-state index < -0.39 is 0 Å². The monoisotopic (exact) mass is 575 g/mol. The highest BCUT2D eigenvalue weighted by atomic mass is 16.3. The molecule has 2 heterocycles. The molecule has 4 nitrogen and oxygen atoms in total. The summed E-state index contributed by atoms with van der Waals surface area (Å²) in [4.78, 5) is 15.3. The van der Waals surface area contributed by atoms with E-state index in [9.17, 15) is 0 Å². The van der Waals surface area contributed by atoms with Gasteiger partial charge in [-0.2, -0.15) is 0 Å². The van der Waals surface area contributed by atoms with Gasteiger partial charge in [0.25, 0.3) is 0 Å². The highest BCUT2D eigenvalue weighted by Gasteiger charge is 2.22. The Bertz CT molecular complexity index is 2480. The van der Waals surface area contributed by atoms with Crippen LogP contribution in [0.5, 0.6) is 0 Å². The first kappa shape index (κ1) is 25.4. The maximum absolute atomic E-state index is 6.47. The van der Waals surface area contributed by atoms with Gasteiger partial charge in [0, 0.05) is 33.0 Å². The normalized spacial score (nSPS) is 11.6. The van der Waals surface area contributed by atoms with Crippen LogP contribution in [-0.2, 0) is 0 Å². The number of furan rings is 1. The summed E-state index contributed by atoms with van der Waals surface area (Å²) < 4.78 is 6.47. The van der Waals surface area contributed by atoms with Gasteiger partial charge in [0.05, 0.1) is 0 Å². The number of hydrogen-bond acceptors (Lipinski definition) is 4. The van der Waals surface area contributed by atoms with Crippen LogP contribution in [0.15, 0.2) is 156 Å². The minimum atomic E-state index is 0.623. The second kappa shape index (κ2) is 10.2. The number of benzene rings is 7. The Morgan fingerprint density at radius 3 is 1.56 bits per heavy atom. The van der Waals surface area contributed by atoms with E-state index in [1.807, 2.05) is 72.8 Å². The molecule has 9 aromatic rings. The van der Waals surface area contributed by atoms with Gasteiger partial charge in [-0.05, 0) is 51.4 Å². The molecule has 9 rings (SSSR count). The molecule has 45 heavy (non-hydrogen) atoms. The minimum Gasteiger partial charge on any atom is -0.456 e. The first-order valence-electron chi connectivity index (χ1n) is 15.0. The van der Waals surface area contributed by atoms with Crippen molar-refractivity contribution in [1.82, 2.24) is 15.0 Å². The summed E-state index contributed by atoms with van der Waals surface area (Å²) >= 11 is 0. The van der Waals surface area contributed by atoms with Crippen molar-refractivity contribution in [3.05, 3.63) is 152 Å². The number of nitrogens with zero attached hydrogens (tertiary/aromatic N) is 3. The van der Waals surface area contributed by atoms with Crippen LogP contribution in [0.3, 0.4) is 0 Å². The molecule has 0 N–H and O–H groups in total. The summed E-state index contributed by atoms with van der Waals surface area (Å²) in [6.07, 6.45) is 0. The highest BCUT2D eigenvalue weighted by molar-refractivity contribution is 6.22. The van der Waals surface area contributed by atoms with Gasteiger partial charge in [0.15, 0.2) is 17.5 Å². The van der Waals surface area contributed by atoms with E-state index in [-0.39, 0.29) is 0 Å². The van der Waals surface area contributed by atoms with Gasteiger partial charge in [-0.25, -0.2) is 15.0 Å². The van der Waals surface area contributed by atoms with Crippen molar-refractivity contribution in [2.45, 2.75) is 0 Å². The number of fused-ring (bicyclic) bond motifs is 5. The van der Waals surface area contributed by atoms with Crippen molar-refractivity contribution >= 4 is 43.5 Å². The molecule has 210 valence electrons. The van der Waals surface area contributed by atoms with Crippen LogP contribution in [0.2, 0.25) is 0 Å². The summed E-state index contributed by atoms with van der Waals surface area (Å²) in [5.74, 6) is 1.89. The zero-order valence-electron chi connectivity index (χ0n) is 24.2. The van der Waals surface area contributed by atoms with Crippen LogP contribution >= 0.6 is 0 Å². The first-order chi connectivity index (χ1) is 22.3.